The van der Waals surface area contributed by atoms with Crippen LogP contribution < -0.4 is 21.0 Å². The predicted octanol–water partition coefficient (Wildman–Crippen LogP) is 1.69. The second-order valence-corrected chi connectivity index (χ2v) is 8.42. The van der Waals surface area contributed by atoms with E-state index in [0.29, 0.717) is 37.6 Å². The Labute approximate surface area is 197 Å². The molecule has 11 nitrogen and oxygen atoms in total. The van der Waals surface area contributed by atoms with Gasteiger partial charge in [-0.25, -0.2) is 5.43 Å². The molecule has 2 saturated heterocycles. The van der Waals surface area contributed by atoms with Gasteiger partial charge >= 0.3 is 5.91 Å². The zero-order valence-corrected chi connectivity index (χ0v) is 19.1. The van der Waals surface area contributed by atoms with E-state index in [4.69, 9.17) is 9.15 Å². The first-order valence-electron chi connectivity index (χ1n) is 11.5. The molecule has 2 aromatic heterocycles. The van der Waals surface area contributed by atoms with Gasteiger partial charge in [-0.2, -0.15) is 20.1 Å². The average molecular weight is 465 g/mol. The van der Waals surface area contributed by atoms with Crippen LogP contribution in [0.15, 0.2) is 33.8 Å². The van der Waals surface area contributed by atoms with Gasteiger partial charge in [0.15, 0.2) is 11.3 Å². The molecule has 4 heterocycles. The Bertz CT molecular complexity index is 1180. The number of ether oxygens (including phenoxy) is 1. The molecule has 2 aliphatic heterocycles. The predicted molar refractivity (Wildman–Crippen MR) is 128 cm³/mol. The molecule has 3 N–H and O–H groups in total. The van der Waals surface area contributed by atoms with E-state index < -0.39 is 0 Å². The van der Waals surface area contributed by atoms with Gasteiger partial charge in [0.2, 0.25) is 5.95 Å². The second-order valence-electron chi connectivity index (χ2n) is 8.42. The Morgan fingerprint density at radius 1 is 1.21 bits per heavy atom. The molecule has 0 bridgehead atoms. The molecule has 0 atom stereocenters. The Balaban J connectivity index is 1.41. The van der Waals surface area contributed by atoms with E-state index in [2.05, 4.69) is 41.0 Å². The first-order valence-corrected chi connectivity index (χ1v) is 11.5. The summed E-state index contributed by atoms with van der Waals surface area (Å²) in [7, 11) is 0. The maximum Gasteiger partial charge on any atom is 0.307 e. The minimum Gasteiger partial charge on any atom is -0.413 e. The molecule has 0 saturated carbocycles. The van der Waals surface area contributed by atoms with Gasteiger partial charge in [-0.15, -0.1) is 0 Å². The molecule has 5 rings (SSSR count). The van der Waals surface area contributed by atoms with E-state index in [1.807, 2.05) is 31.2 Å². The summed E-state index contributed by atoms with van der Waals surface area (Å²) in [4.78, 5) is 28.4. The zero-order chi connectivity index (χ0) is 23.3. The number of aromatic nitrogens is 3. The number of amides is 1. The van der Waals surface area contributed by atoms with Crippen LogP contribution in [0.1, 0.15) is 34.7 Å². The highest BCUT2D eigenvalue weighted by Gasteiger charge is 2.25. The minimum atomic E-state index is -0.343. The van der Waals surface area contributed by atoms with Crippen LogP contribution in [0.2, 0.25) is 0 Å². The van der Waals surface area contributed by atoms with Crippen molar-refractivity contribution in [3.63, 3.8) is 0 Å². The van der Waals surface area contributed by atoms with Crippen molar-refractivity contribution >= 4 is 35.1 Å². The molecular weight excluding hydrogens is 436 g/mol. The third-order valence-electron chi connectivity index (χ3n) is 5.84. The van der Waals surface area contributed by atoms with Crippen molar-refractivity contribution in [3.8, 4) is 0 Å². The van der Waals surface area contributed by atoms with E-state index in [1.165, 1.54) is 0 Å². The molecule has 0 unspecified atom stereocenters. The molecule has 0 radical (unpaired) electrons. The number of fused-ring (bicyclic) bond motifs is 1. The SMILES string of the molecule is Cc1cccc(/C=N/Nc2nc(N3CCOCC3)c3nc(C(=O)NC4CCNCC4)oc3n2)c1. The molecule has 0 spiro atoms. The van der Waals surface area contributed by atoms with E-state index in [9.17, 15) is 4.79 Å². The standard InChI is InChI=1S/C23H28N8O3/c1-15-3-2-4-16(13-15)14-25-30-23-28-19(31-9-11-33-12-10-31)18-21(29-23)34-22(27-18)20(32)26-17-5-7-24-8-6-17/h2-4,13-14,17,24H,5-12H2,1H3,(H,26,32)(H,28,29,30)/b25-14+. The Morgan fingerprint density at radius 2 is 2.03 bits per heavy atom. The van der Waals surface area contributed by atoms with Crippen LogP contribution in [0, 0.1) is 6.92 Å². The van der Waals surface area contributed by atoms with Crippen molar-refractivity contribution < 1.29 is 13.9 Å². The van der Waals surface area contributed by atoms with E-state index in [0.717, 1.165) is 37.1 Å². The summed E-state index contributed by atoms with van der Waals surface area (Å²) >= 11 is 0. The first kappa shape index (κ1) is 22.2. The maximum absolute atomic E-state index is 12.8. The molecule has 2 fully saturated rings. The van der Waals surface area contributed by atoms with Crippen molar-refractivity contribution in [2.75, 3.05) is 49.7 Å². The van der Waals surface area contributed by atoms with Crippen molar-refractivity contribution in [1.29, 1.82) is 0 Å². The first-order chi connectivity index (χ1) is 16.7. The quantitative estimate of drug-likeness (QED) is 0.368. The highest BCUT2D eigenvalue weighted by Crippen LogP contribution is 2.26. The molecule has 178 valence electrons. The van der Waals surface area contributed by atoms with Crippen LogP contribution in [-0.4, -0.2) is 72.5 Å². The number of hydrogen-bond acceptors (Lipinski definition) is 10. The summed E-state index contributed by atoms with van der Waals surface area (Å²) in [5.74, 6) is 0.494. The lowest BCUT2D eigenvalue weighted by Gasteiger charge is -2.27. The Morgan fingerprint density at radius 3 is 2.82 bits per heavy atom. The van der Waals surface area contributed by atoms with Gasteiger partial charge in [-0.1, -0.05) is 29.8 Å². The third kappa shape index (κ3) is 5.15. The molecule has 3 aromatic rings. The van der Waals surface area contributed by atoms with Crippen molar-refractivity contribution in [1.82, 2.24) is 25.6 Å². The number of hydrogen-bond donors (Lipinski definition) is 3. The maximum atomic E-state index is 12.8. The fourth-order valence-corrected chi connectivity index (χ4v) is 4.08. The summed E-state index contributed by atoms with van der Waals surface area (Å²) in [6.07, 6.45) is 3.45. The van der Waals surface area contributed by atoms with Crippen molar-refractivity contribution in [2.24, 2.45) is 5.10 Å². The van der Waals surface area contributed by atoms with Crippen molar-refractivity contribution in [2.45, 2.75) is 25.8 Å². The number of hydrazone groups is 1. The van der Waals surface area contributed by atoms with Gasteiger partial charge in [0.05, 0.1) is 19.4 Å². The average Bonchev–Trinajstić information content (AvgIpc) is 3.29. The Hall–Kier alpha value is -3.57. The van der Waals surface area contributed by atoms with E-state index >= 15 is 0 Å². The van der Waals surface area contributed by atoms with Crippen LogP contribution in [0.4, 0.5) is 11.8 Å². The molecule has 0 aliphatic carbocycles. The number of morpholine rings is 1. The number of nitrogens with one attached hydrogen (secondary N) is 3. The lowest BCUT2D eigenvalue weighted by atomic mass is 10.1. The summed E-state index contributed by atoms with van der Waals surface area (Å²) in [6, 6.07) is 8.09. The minimum absolute atomic E-state index is 0.0160. The molecule has 34 heavy (non-hydrogen) atoms. The zero-order valence-electron chi connectivity index (χ0n) is 19.1. The number of oxazole rings is 1. The second kappa shape index (κ2) is 10.1. The highest BCUT2D eigenvalue weighted by molar-refractivity contribution is 5.94. The number of benzene rings is 1. The fraction of sp³-hybridized carbons (Fsp3) is 0.435. The number of rotatable bonds is 6. The van der Waals surface area contributed by atoms with Gasteiger partial charge in [0.1, 0.15) is 0 Å². The van der Waals surface area contributed by atoms with Gasteiger partial charge in [0.25, 0.3) is 11.6 Å². The molecule has 11 heteroatoms. The lowest BCUT2D eigenvalue weighted by molar-refractivity contribution is 0.0896. The summed E-state index contributed by atoms with van der Waals surface area (Å²) in [5, 5.41) is 10.6. The van der Waals surface area contributed by atoms with Crippen LogP contribution in [0.25, 0.3) is 11.2 Å². The summed E-state index contributed by atoms with van der Waals surface area (Å²) < 4.78 is 11.3. The smallest absolute Gasteiger partial charge is 0.307 e. The van der Waals surface area contributed by atoms with Gasteiger partial charge in [0, 0.05) is 19.1 Å². The lowest BCUT2D eigenvalue weighted by Crippen LogP contribution is -2.42. The number of aryl methyl sites for hydroxylation is 1. The van der Waals surface area contributed by atoms with Crippen LogP contribution in [0.3, 0.4) is 0 Å². The van der Waals surface area contributed by atoms with Gasteiger partial charge < -0.3 is 24.7 Å². The summed E-state index contributed by atoms with van der Waals surface area (Å²) in [6.45, 7) is 6.26. The fourth-order valence-electron chi connectivity index (χ4n) is 4.08. The third-order valence-corrected chi connectivity index (χ3v) is 5.84. The monoisotopic (exact) mass is 464 g/mol. The number of piperidine rings is 1. The summed E-state index contributed by atoms with van der Waals surface area (Å²) in [5.41, 5.74) is 5.67. The molecular formula is C23H28N8O3. The molecule has 1 aromatic carbocycles. The molecule has 2 aliphatic rings. The van der Waals surface area contributed by atoms with Crippen molar-refractivity contribution in [3.05, 3.63) is 41.3 Å². The Kier molecular flexibility index (Phi) is 6.63. The number of carbonyl (C=O) groups excluding carboxylic acids is 1. The van der Waals surface area contributed by atoms with Gasteiger partial charge in [-0.05, 0) is 38.4 Å². The molecule has 1 amide bonds. The van der Waals surface area contributed by atoms with E-state index in [1.54, 1.807) is 6.21 Å². The highest BCUT2D eigenvalue weighted by atomic mass is 16.5. The number of carbonyl (C=O) groups is 1. The largest absolute Gasteiger partial charge is 0.413 e. The van der Waals surface area contributed by atoms with Crippen LogP contribution in [-0.2, 0) is 4.74 Å². The van der Waals surface area contributed by atoms with E-state index in [-0.39, 0.29) is 29.5 Å². The number of anilines is 2. The number of nitrogens with zero attached hydrogens (tertiary/aromatic N) is 5. The normalized spacial score (nSPS) is 17.4. The van der Waals surface area contributed by atoms with Crippen LogP contribution >= 0.6 is 0 Å². The van der Waals surface area contributed by atoms with Gasteiger partial charge in [-0.3, -0.25) is 4.79 Å². The topological polar surface area (TPSA) is 130 Å². The van der Waals surface area contributed by atoms with Crippen LogP contribution in [0.5, 0.6) is 0 Å².